The lowest BCUT2D eigenvalue weighted by Gasteiger charge is -2.08. The van der Waals surface area contributed by atoms with Crippen LogP contribution in [0.4, 0.5) is 5.69 Å². The monoisotopic (exact) mass is 352 g/mol. The summed E-state index contributed by atoms with van der Waals surface area (Å²) in [6.45, 7) is 5.38. The smallest absolute Gasteiger partial charge is 0.270 e. The third-order valence-electron chi connectivity index (χ3n) is 3.45. The van der Waals surface area contributed by atoms with Crippen LogP contribution in [-0.4, -0.2) is 21.8 Å². The van der Waals surface area contributed by atoms with Crippen LogP contribution in [0.25, 0.3) is 0 Å². The predicted molar refractivity (Wildman–Crippen MR) is 84.4 cm³/mol. The van der Waals surface area contributed by atoms with Crippen molar-refractivity contribution in [2.75, 3.05) is 7.05 Å². The van der Waals surface area contributed by atoms with Gasteiger partial charge in [0, 0.05) is 34.4 Å². The molecule has 0 bridgehead atoms. The Kier molecular flexibility index (Phi) is 4.74. The molecular formula is C14H17BrN4O2. The lowest BCUT2D eigenvalue weighted by atomic mass is 10.2. The highest BCUT2D eigenvalue weighted by Crippen LogP contribution is 2.24. The Morgan fingerprint density at radius 3 is 2.71 bits per heavy atom. The number of hydrogen-bond donors (Lipinski definition) is 1. The van der Waals surface area contributed by atoms with Crippen LogP contribution in [0.5, 0.6) is 0 Å². The summed E-state index contributed by atoms with van der Waals surface area (Å²) < 4.78 is 2.65. The van der Waals surface area contributed by atoms with E-state index in [9.17, 15) is 10.1 Å². The lowest BCUT2D eigenvalue weighted by Crippen LogP contribution is -2.08. The fraction of sp³-hybridized carbons (Fsp3) is 0.357. The van der Waals surface area contributed by atoms with Crippen LogP contribution in [-0.2, 0) is 13.1 Å². The molecule has 0 spiro atoms. The first kappa shape index (κ1) is 15.7. The minimum atomic E-state index is -0.400. The maximum Gasteiger partial charge on any atom is 0.270 e. The second kappa shape index (κ2) is 6.36. The largest absolute Gasteiger partial charge is 0.316 e. The van der Waals surface area contributed by atoms with Crippen molar-refractivity contribution >= 4 is 21.6 Å². The molecule has 21 heavy (non-hydrogen) atoms. The highest BCUT2D eigenvalue weighted by atomic mass is 79.9. The first-order valence-corrected chi connectivity index (χ1v) is 7.33. The van der Waals surface area contributed by atoms with E-state index in [1.165, 1.54) is 17.7 Å². The lowest BCUT2D eigenvalue weighted by molar-refractivity contribution is -0.384. The van der Waals surface area contributed by atoms with Gasteiger partial charge in [-0.1, -0.05) is 15.9 Å². The molecule has 0 amide bonds. The zero-order chi connectivity index (χ0) is 15.6. The number of nitro groups is 1. The number of hydrogen-bond acceptors (Lipinski definition) is 4. The third kappa shape index (κ3) is 3.30. The van der Waals surface area contributed by atoms with E-state index in [2.05, 4.69) is 26.3 Å². The SMILES string of the molecule is CNCc1c(C)nn(Cc2ccc([N+](=O)[O-])cc2Br)c1C. The van der Waals surface area contributed by atoms with E-state index in [-0.39, 0.29) is 5.69 Å². The van der Waals surface area contributed by atoms with Gasteiger partial charge in [-0.2, -0.15) is 5.10 Å². The second-order valence-corrected chi connectivity index (χ2v) is 5.72. The molecule has 0 radical (unpaired) electrons. The normalized spacial score (nSPS) is 10.9. The van der Waals surface area contributed by atoms with Crippen molar-refractivity contribution < 1.29 is 4.92 Å². The summed E-state index contributed by atoms with van der Waals surface area (Å²) >= 11 is 3.40. The summed E-state index contributed by atoms with van der Waals surface area (Å²) in [6.07, 6.45) is 0. The van der Waals surface area contributed by atoms with Crippen LogP contribution >= 0.6 is 15.9 Å². The van der Waals surface area contributed by atoms with E-state index in [1.807, 2.05) is 25.6 Å². The first-order valence-electron chi connectivity index (χ1n) is 6.54. The molecule has 1 aromatic heterocycles. The van der Waals surface area contributed by atoms with Crippen molar-refractivity contribution in [1.82, 2.24) is 15.1 Å². The standard InChI is InChI=1S/C14H17BrN4O2/c1-9-13(7-16-3)10(2)18(17-9)8-11-4-5-12(19(20)21)6-14(11)15/h4-6,16H,7-8H2,1-3H3. The molecule has 1 aromatic carbocycles. The number of benzene rings is 1. The van der Waals surface area contributed by atoms with Crippen LogP contribution in [0, 0.1) is 24.0 Å². The summed E-state index contributed by atoms with van der Waals surface area (Å²) in [5, 5.41) is 18.4. The van der Waals surface area contributed by atoms with E-state index in [0.717, 1.165) is 28.0 Å². The number of aromatic nitrogens is 2. The van der Waals surface area contributed by atoms with Gasteiger partial charge >= 0.3 is 0 Å². The molecular weight excluding hydrogens is 336 g/mol. The summed E-state index contributed by atoms with van der Waals surface area (Å²) in [4.78, 5) is 10.4. The first-order chi connectivity index (χ1) is 9.93. The van der Waals surface area contributed by atoms with Crippen LogP contribution < -0.4 is 5.32 Å². The summed E-state index contributed by atoms with van der Waals surface area (Å²) in [5.74, 6) is 0. The zero-order valence-corrected chi connectivity index (χ0v) is 13.8. The van der Waals surface area contributed by atoms with Crippen LogP contribution in [0.15, 0.2) is 22.7 Å². The summed E-state index contributed by atoms with van der Waals surface area (Å²) in [7, 11) is 1.91. The zero-order valence-electron chi connectivity index (χ0n) is 12.2. The number of nitrogens with one attached hydrogen (secondary N) is 1. The number of non-ortho nitro benzene ring substituents is 1. The molecule has 0 fully saturated rings. The second-order valence-electron chi connectivity index (χ2n) is 4.87. The highest BCUT2D eigenvalue weighted by molar-refractivity contribution is 9.10. The summed E-state index contributed by atoms with van der Waals surface area (Å²) in [5.41, 5.74) is 4.33. The van der Waals surface area contributed by atoms with Crippen LogP contribution in [0.2, 0.25) is 0 Å². The van der Waals surface area contributed by atoms with Crippen LogP contribution in [0.1, 0.15) is 22.5 Å². The van der Waals surface area contributed by atoms with Crippen molar-refractivity contribution in [3.63, 3.8) is 0 Å². The van der Waals surface area contributed by atoms with Gasteiger partial charge in [0.25, 0.3) is 5.69 Å². The van der Waals surface area contributed by atoms with Gasteiger partial charge < -0.3 is 5.32 Å². The molecule has 0 aliphatic rings. The quantitative estimate of drug-likeness (QED) is 0.663. The Bertz CT molecular complexity index is 682. The van der Waals surface area contributed by atoms with Gasteiger partial charge in [0.2, 0.25) is 0 Å². The van der Waals surface area contributed by atoms with Gasteiger partial charge in [-0.15, -0.1) is 0 Å². The molecule has 1 N–H and O–H groups in total. The van der Waals surface area contributed by atoms with E-state index in [4.69, 9.17) is 0 Å². The number of nitro benzene ring substituents is 1. The molecule has 2 rings (SSSR count). The Labute approximate surface area is 131 Å². The maximum atomic E-state index is 10.8. The molecule has 6 nitrogen and oxygen atoms in total. The Balaban J connectivity index is 2.30. The van der Waals surface area contributed by atoms with Crippen molar-refractivity contribution in [3.8, 4) is 0 Å². The van der Waals surface area contributed by atoms with Gasteiger partial charge in [0.1, 0.15) is 0 Å². The molecule has 7 heteroatoms. The molecule has 2 aromatic rings. The van der Waals surface area contributed by atoms with Crippen molar-refractivity contribution in [1.29, 1.82) is 0 Å². The minimum Gasteiger partial charge on any atom is -0.316 e. The topological polar surface area (TPSA) is 73.0 Å². The molecule has 0 aliphatic carbocycles. The summed E-state index contributed by atoms with van der Waals surface area (Å²) in [6, 6.07) is 4.80. The number of rotatable bonds is 5. The van der Waals surface area contributed by atoms with Gasteiger partial charge in [-0.05, 0) is 32.5 Å². The van der Waals surface area contributed by atoms with E-state index in [1.54, 1.807) is 6.07 Å². The molecule has 0 saturated carbocycles. The molecule has 1 heterocycles. The van der Waals surface area contributed by atoms with Gasteiger partial charge in [0.05, 0.1) is 17.2 Å². The van der Waals surface area contributed by atoms with Gasteiger partial charge in [0.15, 0.2) is 0 Å². The fourth-order valence-electron chi connectivity index (χ4n) is 2.26. The highest BCUT2D eigenvalue weighted by Gasteiger charge is 2.14. The molecule has 112 valence electrons. The molecule has 0 aliphatic heterocycles. The van der Waals surface area contributed by atoms with E-state index in [0.29, 0.717) is 6.54 Å². The number of aryl methyl sites for hydroxylation is 1. The van der Waals surface area contributed by atoms with Gasteiger partial charge in [-0.3, -0.25) is 14.8 Å². The average Bonchev–Trinajstić information content (AvgIpc) is 2.69. The Hall–Kier alpha value is -1.73. The maximum absolute atomic E-state index is 10.8. The number of halogens is 1. The number of nitrogens with zero attached hydrogens (tertiary/aromatic N) is 3. The molecule has 0 unspecified atom stereocenters. The third-order valence-corrected chi connectivity index (χ3v) is 4.19. The van der Waals surface area contributed by atoms with Crippen molar-refractivity contribution in [3.05, 3.63) is 55.3 Å². The predicted octanol–water partition coefficient (Wildman–Crippen LogP) is 2.94. The molecule has 0 atom stereocenters. The molecule has 0 saturated heterocycles. The minimum absolute atomic E-state index is 0.0786. The van der Waals surface area contributed by atoms with E-state index < -0.39 is 4.92 Å². The Morgan fingerprint density at radius 1 is 1.43 bits per heavy atom. The fourth-order valence-corrected chi connectivity index (χ4v) is 2.75. The van der Waals surface area contributed by atoms with Crippen molar-refractivity contribution in [2.45, 2.75) is 26.9 Å². The van der Waals surface area contributed by atoms with Crippen molar-refractivity contribution in [2.24, 2.45) is 0 Å². The Morgan fingerprint density at radius 2 is 2.14 bits per heavy atom. The van der Waals surface area contributed by atoms with Crippen LogP contribution in [0.3, 0.4) is 0 Å². The van der Waals surface area contributed by atoms with Gasteiger partial charge in [-0.25, -0.2) is 0 Å². The average molecular weight is 353 g/mol. The van der Waals surface area contributed by atoms with E-state index >= 15 is 0 Å².